The monoisotopic (exact) mass is 287 g/mol. The normalized spacial score (nSPS) is 16.1. The number of carbonyl (C=O) groups excluding carboxylic acids is 1. The van der Waals surface area contributed by atoms with Crippen LogP contribution in [0.1, 0.15) is 61.0 Å². The summed E-state index contributed by atoms with van der Waals surface area (Å²) in [6.07, 6.45) is 5.15. The van der Waals surface area contributed by atoms with Crippen molar-refractivity contribution in [3.05, 3.63) is 34.9 Å². The van der Waals surface area contributed by atoms with Crippen molar-refractivity contribution in [2.24, 2.45) is 5.92 Å². The minimum atomic E-state index is 0.269. The van der Waals surface area contributed by atoms with Crippen molar-refractivity contribution in [1.29, 1.82) is 0 Å². The Hall–Kier alpha value is -1.15. The van der Waals surface area contributed by atoms with Gasteiger partial charge in [-0.15, -0.1) is 0 Å². The highest BCUT2D eigenvalue weighted by atomic mass is 16.1. The molecular formula is C19H29NO. The molecule has 1 aliphatic rings. The molecule has 0 aromatic heterocycles. The van der Waals surface area contributed by atoms with Crippen molar-refractivity contribution in [2.45, 2.75) is 59.4 Å². The molecule has 116 valence electrons. The summed E-state index contributed by atoms with van der Waals surface area (Å²) in [4.78, 5) is 15.0. The van der Waals surface area contributed by atoms with E-state index in [1.807, 2.05) is 12.1 Å². The van der Waals surface area contributed by atoms with Crippen molar-refractivity contribution in [3.8, 4) is 0 Å². The number of Topliss-reactive ketones (excluding diaryl/α,β-unsaturated/α-hetero) is 1. The molecule has 0 radical (unpaired) electrons. The van der Waals surface area contributed by atoms with Crippen molar-refractivity contribution >= 4 is 5.78 Å². The molecule has 0 saturated heterocycles. The van der Waals surface area contributed by atoms with Gasteiger partial charge in [0, 0.05) is 18.2 Å². The summed E-state index contributed by atoms with van der Waals surface area (Å²) in [5, 5.41) is 0. The van der Waals surface area contributed by atoms with Gasteiger partial charge in [0.05, 0.1) is 6.54 Å². The van der Waals surface area contributed by atoms with Crippen molar-refractivity contribution < 1.29 is 4.79 Å². The first-order valence-corrected chi connectivity index (χ1v) is 8.32. The quantitative estimate of drug-likeness (QED) is 0.723. The molecule has 0 amide bonds. The molecule has 1 aromatic rings. The van der Waals surface area contributed by atoms with Crippen LogP contribution < -0.4 is 0 Å². The molecular weight excluding hydrogens is 258 g/mol. The van der Waals surface area contributed by atoms with E-state index in [2.05, 4.69) is 38.7 Å². The van der Waals surface area contributed by atoms with Crippen molar-refractivity contribution in [3.63, 3.8) is 0 Å². The Labute approximate surface area is 129 Å². The van der Waals surface area contributed by atoms with E-state index < -0.39 is 0 Å². The second-order valence-corrected chi connectivity index (χ2v) is 6.98. The Kier molecular flexibility index (Phi) is 5.58. The number of rotatable bonds is 6. The van der Waals surface area contributed by atoms with Crippen LogP contribution in [0.4, 0.5) is 0 Å². The summed E-state index contributed by atoms with van der Waals surface area (Å²) < 4.78 is 0. The number of hydrogen-bond acceptors (Lipinski definition) is 2. The highest BCUT2D eigenvalue weighted by Crippen LogP contribution is 2.24. The molecule has 0 unspecified atom stereocenters. The maximum Gasteiger partial charge on any atom is 0.176 e. The number of carbonyl (C=O) groups is 1. The van der Waals surface area contributed by atoms with Gasteiger partial charge in [-0.2, -0.15) is 0 Å². The predicted molar refractivity (Wildman–Crippen MR) is 88.9 cm³/mol. The van der Waals surface area contributed by atoms with Gasteiger partial charge < -0.3 is 0 Å². The van der Waals surface area contributed by atoms with Gasteiger partial charge in [0.25, 0.3) is 0 Å². The topological polar surface area (TPSA) is 20.3 Å². The van der Waals surface area contributed by atoms with Crippen LogP contribution in [0.25, 0.3) is 0 Å². The van der Waals surface area contributed by atoms with E-state index in [0.717, 1.165) is 12.1 Å². The maximum atomic E-state index is 12.6. The highest BCUT2D eigenvalue weighted by Gasteiger charge is 2.25. The third-order valence-corrected chi connectivity index (χ3v) is 4.62. The molecule has 2 heteroatoms. The molecule has 1 saturated carbocycles. The van der Waals surface area contributed by atoms with E-state index in [4.69, 9.17) is 0 Å². The second-order valence-electron chi connectivity index (χ2n) is 6.98. The van der Waals surface area contributed by atoms with Gasteiger partial charge >= 0.3 is 0 Å². The van der Waals surface area contributed by atoms with E-state index in [1.165, 1.54) is 36.8 Å². The van der Waals surface area contributed by atoms with Crippen LogP contribution in [0.5, 0.6) is 0 Å². The first kappa shape index (κ1) is 16.2. The summed E-state index contributed by atoms with van der Waals surface area (Å²) in [6, 6.07) is 6.69. The van der Waals surface area contributed by atoms with Gasteiger partial charge in [0.1, 0.15) is 0 Å². The van der Waals surface area contributed by atoms with Gasteiger partial charge in [-0.05, 0) is 49.8 Å². The minimum absolute atomic E-state index is 0.269. The molecule has 0 atom stereocenters. The zero-order valence-electron chi connectivity index (χ0n) is 14.0. The lowest BCUT2D eigenvalue weighted by atomic mass is 10.0. The summed E-state index contributed by atoms with van der Waals surface area (Å²) in [6.45, 7) is 10.2. The molecule has 0 N–H and O–H groups in total. The van der Waals surface area contributed by atoms with E-state index in [0.29, 0.717) is 18.5 Å². The fourth-order valence-electron chi connectivity index (χ4n) is 3.27. The SMILES string of the molecule is Cc1ccc(C(=O)CN(CC(C)C)C2CCCC2)cc1C. The average molecular weight is 287 g/mol. The zero-order chi connectivity index (χ0) is 15.4. The van der Waals surface area contributed by atoms with Crippen LogP contribution in [-0.4, -0.2) is 29.8 Å². The summed E-state index contributed by atoms with van der Waals surface area (Å²) in [5.74, 6) is 0.879. The predicted octanol–water partition coefficient (Wildman–Crippen LogP) is 4.39. The van der Waals surface area contributed by atoms with E-state index >= 15 is 0 Å². The Morgan fingerprint density at radius 3 is 2.43 bits per heavy atom. The summed E-state index contributed by atoms with van der Waals surface area (Å²) in [7, 11) is 0. The molecule has 2 nitrogen and oxygen atoms in total. The molecule has 0 heterocycles. The van der Waals surface area contributed by atoms with Crippen LogP contribution in [0.2, 0.25) is 0 Å². The molecule has 1 fully saturated rings. The van der Waals surface area contributed by atoms with E-state index in [1.54, 1.807) is 0 Å². The number of hydrogen-bond donors (Lipinski definition) is 0. The fraction of sp³-hybridized carbons (Fsp3) is 0.632. The molecule has 0 bridgehead atoms. The smallest absolute Gasteiger partial charge is 0.176 e. The van der Waals surface area contributed by atoms with Crippen LogP contribution in [0.3, 0.4) is 0 Å². The fourth-order valence-corrected chi connectivity index (χ4v) is 3.27. The van der Waals surface area contributed by atoms with Gasteiger partial charge in [0.2, 0.25) is 0 Å². The second kappa shape index (κ2) is 7.22. The standard InChI is InChI=1S/C19H29NO/c1-14(2)12-20(18-7-5-6-8-18)13-19(21)17-10-9-15(3)16(4)11-17/h9-11,14,18H,5-8,12-13H2,1-4H3. The average Bonchev–Trinajstić information content (AvgIpc) is 2.94. The molecule has 1 aromatic carbocycles. The van der Waals surface area contributed by atoms with Gasteiger partial charge in [-0.25, -0.2) is 0 Å². The number of benzene rings is 1. The lowest BCUT2D eigenvalue weighted by Gasteiger charge is -2.29. The van der Waals surface area contributed by atoms with Gasteiger partial charge in [-0.1, -0.05) is 38.8 Å². The Bertz CT molecular complexity index is 486. The lowest BCUT2D eigenvalue weighted by molar-refractivity contribution is 0.0876. The zero-order valence-corrected chi connectivity index (χ0v) is 14.0. The molecule has 0 spiro atoms. The lowest BCUT2D eigenvalue weighted by Crippen LogP contribution is -2.40. The largest absolute Gasteiger partial charge is 0.293 e. The van der Waals surface area contributed by atoms with Crippen LogP contribution in [0, 0.1) is 19.8 Å². The Balaban J connectivity index is 2.07. The highest BCUT2D eigenvalue weighted by molar-refractivity contribution is 5.97. The molecule has 0 aliphatic heterocycles. The first-order chi connectivity index (χ1) is 9.97. The molecule has 21 heavy (non-hydrogen) atoms. The van der Waals surface area contributed by atoms with Crippen molar-refractivity contribution in [2.75, 3.05) is 13.1 Å². The number of nitrogens with zero attached hydrogens (tertiary/aromatic N) is 1. The minimum Gasteiger partial charge on any atom is -0.293 e. The Morgan fingerprint density at radius 2 is 1.86 bits per heavy atom. The molecule has 1 aliphatic carbocycles. The third kappa shape index (κ3) is 4.41. The third-order valence-electron chi connectivity index (χ3n) is 4.62. The maximum absolute atomic E-state index is 12.6. The summed E-state index contributed by atoms with van der Waals surface area (Å²) >= 11 is 0. The first-order valence-electron chi connectivity index (χ1n) is 8.32. The summed E-state index contributed by atoms with van der Waals surface area (Å²) in [5.41, 5.74) is 3.32. The van der Waals surface area contributed by atoms with Crippen LogP contribution >= 0.6 is 0 Å². The van der Waals surface area contributed by atoms with E-state index in [9.17, 15) is 4.79 Å². The number of ketones is 1. The van der Waals surface area contributed by atoms with E-state index in [-0.39, 0.29) is 5.78 Å². The van der Waals surface area contributed by atoms with Crippen LogP contribution in [-0.2, 0) is 0 Å². The Morgan fingerprint density at radius 1 is 1.19 bits per heavy atom. The van der Waals surface area contributed by atoms with Crippen molar-refractivity contribution in [1.82, 2.24) is 4.90 Å². The van der Waals surface area contributed by atoms with Crippen LogP contribution in [0.15, 0.2) is 18.2 Å². The van der Waals surface area contributed by atoms with Gasteiger partial charge in [0.15, 0.2) is 5.78 Å². The molecule has 2 rings (SSSR count). The van der Waals surface area contributed by atoms with Gasteiger partial charge in [-0.3, -0.25) is 9.69 Å². The number of aryl methyl sites for hydroxylation is 2.